The normalized spacial score (nSPS) is 20.9. The highest BCUT2D eigenvalue weighted by atomic mass is 16.5. The number of benzene rings is 2. The van der Waals surface area contributed by atoms with Gasteiger partial charge in [0.15, 0.2) is 0 Å². The van der Waals surface area contributed by atoms with Gasteiger partial charge in [-0.05, 0) is 86.0 Å². The van der Waals surface area contributed by atoms with Gasteiger partial charge in [-0.2, -0.15) is 0 Å². The number of amides is 2. The van der Waals surface area contributed by atoms with Crippen LogP contribution < -0.4 is 10.6 Å². The third kappa shape index (κ3) is 7.81. The number of methoxy groups -OCH3 is 2. The van der Waals surface area contributed by atoms with Gasteiger partial charge in [0, 0.05) is 32.9 Å². The molecule has 4 fully saturated rings. The van der Waals surface area contributed by atoms with Crippen LogP contribution in [0, 0.1) is 11.8 Å². The summed E-state index contributed by atoms with van der Waals surface area (Å²) >= 11 is 0. The minimum absolute atomic E-state index is 0.0810. The Morgan fingerprint density at radius 3 is 1.67 bits per heavy atom. The Kier molecular flexibility index (Phi) is 10.8. The maximum Gasteiger partial charge on any atom is 0.336 e. The third-order valence-corrected chi connectivity index (χ3v) is 11.6. The molecule has 2 aliphatic carbocycles. The third-order valence-electron chi connectivity index (χ3n) is 11.6. The van der Waals surface area contributed by atoms with E-state index in [1.807, 2.05) is 46.2 Å². The molecule has 5 N–H and O–H groups in total. The van der Waals surface area contributed by atoms with Crippen LogP contribution in [0.15, 0.2) is 54.9 Å². The number of carboxylic acid groups (broad SMARTS) is 1. The second-order valence-corrected chi connectivity index (χ2v) is 15.3. The van der Waals surface area contributed by atoms with Gasteiger partial charge in [0.2, 0.25) is 11.8 Å². The van der Waals surface area contributed by atoms with E-state index < -0.39 is 5.97 Å². The van der Waals surface area contributed by atoms with Crippen LogP contribution >= 0.6 is 0 Å². The van der Waals surface area contributed by atoms with Crippen molar-refractivity contribution in [3.63, 3.8) is 0 Å². The van der Waals surface area contributed by atoms with Gasteiger partial charge in [-0.25, -0.2) is 14.8 Å². The number of aromatic carboxylic acids is 1. The summed E-state index contributed by atoms with van der Waals surface area (Å²) in [4.78, 5) is 59.9. The van der Waals surface area contributed by atoms with Crippen molar-refractivity contribution >= 4 is 17.8 Å². The summed E-state index contributed by atoms with van der Waals surface area (Å²) in [5, 5.41) is 16.9. The van der Waals surface area contributed by atoms with Gasteiger partial charge in [0.1, 0.15) is 11.6 Å². The number of likely N-dealkylation sites (tertiary alicyclic amines) is 2. The molecule has 4 heterocycles. The molecule has 0 bridgehead atoms. The lowest BCUT2D eigenvalue weighted by Crippen LogP contribution is -2.48. The minimum atomic E-state index is -1.03. The van der Waals surface area contributed by atoms with Crippen LogP contribution in [0.5, 0.6) is 0 Å². The molecule has 2 amide bonds. The van der Waals surface area contributed by atoms with Gasteiger partial charge in [0.05, 0.1) is 67.0 Å². The predicted molar refractivity (Wildman–Crippen MR) is 204 cm³/mol. The zero-order valence-corrected chi connectivity index (χ0v) is 31.4. The summed E-state index contributed by atoms with van der Waals surface area (Å²) in [6, 6.07) is 12.4. The number of hydrogen-bond donors (Lipinski definition) is 5. The van der Waals surface area contributed by atoms with E-state index >= 15 is 0 Å². The fourth-order valence-corrected chi connectivity index (χ4v) is 8.38. The van der Waals surface area contributed by atoms with E-state index in [9.17, 15) is 19.5 Å². The standard InChI is InChI=1S/C41H50N8O6/c1-54-22-44-35(26-11-12-26)39(50)48-17-3-5-33(48)37-42-20-31(46-37)25-9-7-24(8-10-25)29-16-15-28(19-30(29)41(52)53)32-21-43-38(47-32)34-6-4-18-49(34)40(51)36(27-13-14-27)45-23-55-2/h7-10,15-16,19-21,26-27,33-36,44-45H,3-6,11-14,17-18,22-23H2,1-2H3,(H,42,46)(H,43,47)(H,52,53)/t33-,34-,35+,36+/m0/s1. The SMILES string of the molecule is COCN[C@@H](C(=O)N1CCC[C@H]1c1ncc(-c2ccc(-c3ccc(-c4cnc([C@@H]5CCCN5C(=O)[C@H](NCOC)C5CC5)[nH]4)cc3C(=O)O)cc2)[nH]1)C1CC1. The van der Waals surface area contributed by atoms with Crippen LogP contribution in [0.3, 0.4) is 0 Å². The second kappa shape index (κ2) is 16.1. The molecule has 14 heteroatoms. The van der Waals surface area contributed by atoms with E-state index in [4.69, 9.17) is 14.5 Å². The number of imidazole rings is 2. The maximum absolute atomic E-state index is 13.6. The van der Waals surface area contributed by atoms with Crippen molar-refractivity contribution in [3.8, 4) is 33.6 Å². The van der Waals surface area contributed by atoms with E-state index in [0.717, 1.165) is 74.0 Å². The first kappa shape index (κ1) is 37.1. The molecule has 55 heavy (non-hydrogen) atoms. The molecule has 290 valence electrons. The van der Waals surface area contributed by atoms with E-state index in [1.165, 1.54) is 0 Å². The quantitative estimate of drug-likeness (QED) is 0.0968. The monoisotopic (exact) mass is 750 g/mol. The Morgan fingerprint density at radius 1 is 0.727 bits per heavy atom. The molecular formula is C41H50N8O6. The average Bonchev–Trinajstić information content (AvgIpc) is 3.91. The van der Waals surface area contributed by atoms with Gasteiger partial charge in [0.25, 0.3) is 0 Å². The number of aromatic amines is 2. The van der Waals surface area contributed by atoms with Crippen molar-refractivity contribution in [2.45, 2.75) is 75.5 Å². The number of hydrogen-bond acceptors (Lipinski definition) is 9. The largest absolute Gasteiger partial charge is 0.478 e. The molecule has 14 nitrogen and oxygen atoms in total. The van der Waals surface area contributed by atoms with E-state index in [1.54, 1.807) is 32.7 Å². The summed E-state index contributed by atoms with van der Waals surface area (Å²) in [7, 11) is 3.24. The molecule has 8 rings (SSSR count). The first-order valence-corrected chi connectivity index (χ1v) is 19.5. The Bertz CT molecular complexity index is 2000. The van der Waals surface area contributed by atoms with Crippen LogP contribution in [0.4, 0.5) is 0 Å². The van der Waals surface area contributed by atoms with E-state index in [0.29, 0.717) is 61.0 Å². The van der Waals surface area contributed by atoms with Crippen molar-refractivity contribution < 1.29 is 29.0 Å². The molecule has 2 saturated heterocycles. The van der Waals surface area contributed by atoms with Crippen molar-refractivity contribution in [1.82, 2.24) is 40.4 Å². The van der Waals surface area contributed by atoms with Crippen molar-refractivity contribution in [3.05, 3.63) is 72.1 Å². The van der Waals surface area contributed by atoms with Crippen molar-refractivity contribution in [2.24, 2.45) is 11.8 Å². The van der Waals surface area contributed by atoms with E-state index in [2.05, 4.69) is 25.6 Å². The van der Waals surface area contributed by atoms with E-state index in [-0.39, 0.29) is 41.5 Å². The fourth-order valence-electron chi connectivity index (χ4n) is 8.38. The fraction of sp³-hybridized carbons (Fsp3) is 0.488. The molecular weight excluding hydrogens is 701 g/mol. The number of nitrogens with zero attached hydrogens (tertiary/aromatic N) is 4. The lowest BCUT2D eigenvalue weighted by molar-refractivity contribution is -0.136. The summed E-state index contributed by atoms with van der Waals surface area (Å²) < 4.78 is 10.4. The molecule has 4 aromatic rings. The zero-order valence-electron chi connectivity index (χ0n) is 31.4. The Balaban J connectivity index is 0.964. The van der Waals surface area contributed by atoms with Gasteiger partial charge in [-0.3, -0.25) is 20.2 Å². The van der Waals surface area contributed by atoms with Crippen molar-refractivity contribution in [1.29, 1.82) is 0 Å². The molecule has 2 aromatic heterocycles. The molecule has 2 aliphatic heterocycles. The van der Waals surface area contributed by atoms with Crippen LogP contribution in [0.25, 0.3) is 33.6 Å². The topological polar surface area (TPSA) is 178 Å². The predicted octanol–water partition coefficient (Wildman–Crippen LogP) is 5.10. The molecule has 2 saturated carbocycles. The van der Waals surface area contributed by atoms with Crippen LogP contribution in [0.2, 0.25) is 0 Å². The molecule has 0 spiro atoms. The number of aromatic nitrogens is 4. The smallest absolute Gasteiger partial charge is 0.336 e. The van der Waals surface area contributed by atoms with Gasteiger partial charge < -0.3 is 34.3 Å². The number of carbonyl (C=O) groups is 3. The summed E-state index contributed by atoms with van der Waals surface area (Å²) in [5.74, 6) is 1.32. The Morgan fingerprint density at radius 2 is 1.20 bits per heavy atom. The number of carbonyl (C=O) groups excluding carboxylic acids is 2. The first-order valence-electron chi connectivity index (χ1n) is 19.5. The van der Waals surface area contributed by atoms with Crippen LogP contribution in [-0.4, -0.2) is 105 Å². The molecule has 0 radical (unpaired) electrons. The number of carboxylic acids is 1. The summed E-state index contributed by atoms with van der Waals surface area (Å²) in [6.45, 7) is 2.04. The Hall–Kier alpha value is -4.89. The van der Waals surface area contributed by atoms with Gasteiger partial charge in [-0.1, -0.05) is 36.4 Å². The van der Waals surface area contributed by atoms with Gasteiger partial charge in [-0.15, -0.1) is 0 Å². The number of rotatable bonds is 16. The Labute approximate surface area is 320 Å². The molecule has 4 atom stereocenters. The second-order valence-electron chi connectivity index (χ2n) is 15.3. The van der Waals surface area contributed by atoms with Crippen LogP contribution in [0.1, 0.15) is 85.5 Å². The number of nitrogens with one attached hydrogen (secondary N) is 4. The highest BCUT2D eigenvalue weighted by Crippen LogP contribution is 2.39. The summed E-state index contributed by atoms with van der Waals surface area (Å²) in [6.07, 6.45) is 11.2. The van der Waals surface area contributed by atoms with Gasteiger partial charge >= 0.3 is 5.97 Å². The maximum atomic E-state index is 13.6. The number of H-pyrrole nitrogens is 2. The first-order chi connectivity index (χ1) is 26.8. The molecule has 4 aliphatic rings. The summed E-state index contributed by atoms with van der Waals surface area (Å²) in [5.41, 5.74) is 4.68. The lowest BCUT2D eigenvalue weighted by atomic mass is 9.95. The highest BCUT2D eigenvalue weighted by molar-refractivity contribution is 5.97. The number of ether oxygens (including phenoxy) is 2. The van der Waals surface area contributed by atoms with Crippen molar-refractivity contribution in [2.75, 3.05) is 40.8 Å². The minimum Gasteiger partial charge on any atom is -0.478 e. The highest BCUT2D eigenvalue weighted by Gasteiger charge is 2.43. The van der Waals surface area contributed by atoms with Crippen LogP contribution in [-0.2, 0) is 19.1 Å². The lowest BCUT2D eigenvalue weighted by Gasteiger charge is -2.28. The molecule has 2 aromatic carbocycles. The molecule has 0 unspecified atom stereocenters. The average molecular weight is 751 g/mol. The zero-order chi connectivity index (χ0) is 38.1.